The molecule has 1 aromatic carbocycles. The van der Waals surface area contributed by atoms with E-state index < -0.39 is 0 Å². The molecular weight excluding hydrogens is 314 g/mol. The zero-order chi connectivity index (χ0) is 14.6. The van der Waals surface area contributed by atoms with Crippen LogP contribution in [0.15, 0.2) is 28.7 Å². The first-order valence-electron chi connectivity index (χ1n) is 7.49. The van der Waals surface area contributed by atoms with Crippen molar-refractivity contribution in [2.75, 3.05) is 31.5 Å². The average Bonchev–Trinajstić information content (AvgIpc) is 2.41. The maximum atomic E-state index is 6.08. The molecule has 0 unspecified atom stereocenters. The molecule has 1 fully saturated rings. The molecular formula is C16H26BrN3. The minimum atomic E-state index is 0.0499. The third kappa shape index (κ3) is 4.21. The van der Waals surface area contributed by atoms with Gasteiger partial charge in [-0.25, -0.2) is 0 Å². The molecule has 1 saturated heterocycles. The van der Waals surface area contributed by atoms with E-state index in [2.05, 4.69) is 58.2 Å². The second kappa shape index (κ2) is 6.92. The number of halogens is 1. The van der Waals surface area contributed by atoms with Crippen LogP contribution >= 0.6 is 15.9 Å². The Kier molecular flexibility index (Phi) is 5.47. The number of hydrogen-bond donors (Lipinski definition) is 2. The molecule has 0 radical (unpaired) electrons. The van der Waals surface area contributed by atoms with Gasteiger partial charge >= 0.3 is 0 Å². The number of likely N-dealkylation sites (tertiary alicyclic amines) is 1. The minimum Gasteiger partial charge on any atom is -0.378 e. The summed E-state index contributed by atoms with van der Waals surface area (Å²) >= 11 is 3.52. The van der Waals surface area contributed by atoms with Gasteiger partial charge in [0.05, 0.1) is 5.54 Å². The zero-order valence-corrected chi connectivity index (χ0v) is 14.1. The Morgan fingerprint density at radius 2 is 2.05 bits per heavy atom. The summed E-state index contributed by atoms with van der Waals surface area (Å²) < 4.78 is 1.10. The van der Waals surface area contributed by atoms with Gasteiger partial charge in [-0.3, -0.25) is 0 Å². The van der Waals surface area contributed by atoms with Crippen LogP contribution in [0, 0.1) is 5.92 Å². The first kappa shape index (κ1) is 15.8. The number of nitrogens with zero attached hydrogens (tertiary/aromatic N) is 1. The third-order valence-corrected chi connectivity index (χ3v) is 4.55. The summed E-state index contributed by atoms with van der Waals surface area (Å²) in [6.45, 7) is 8.72. The molecule has 1 aliphatic heterocycles. The van der Waals surface area contributed by atoms with Crippen molar-refractivity contribution in [1.82, 2.24) is 4.90 Å². The van der Waals surface area contributed by atoms with E-state index in [1.807, 2.05) is 6.07 Å². The molecule has 0 saturated carbocycles. The summed E-state index contributed by atoms with van der Waals surface area (Å²) in [4.78, 5) is 2.56. The predicted octanol–water partition coefficient (Wildman–Crippen LogP) is 3.31. The molecule has 0 aromatic heterocycles. The quantitative estimate of drug-likeness (QED) is 0.864. The van der Waals surface area contributed by atoms with Gasteiger partial charge in [0.2, 0.25) is 0 Å². The van der Waals surface area contributed by atoms with E-state index in [0.717, 1.165) is 42.0 Å². The van der Waals surface area contributed by atoms with Crippen molar-refractivity contribution in [2.45, 2.75) is 32.2 Å². The van der Waals surface area contributed by atoms with Gasteiger partial charge in [-0.15, -0.1) is 0 Å². The van der Waals surface area contributed by atoms with Crippen LogP contribution in [0.4, 0.5) is 5.69 Å². The molecule has 20 heavy (non-hydrogen) atoms. The highest BCUT2D eigenvalue weighted by Crippen LogP contribution is 2.27. The summed E-state index contributed by atoms with van der Waals surface area (Å²) in [5.41, 5.74) is 7.28. The maximum Gasteiger partial charge on any atom is 0.0520 e. The molecule has 0 aliphatic carbocycles. The third-order valence-electron chi connectivity index (χ3n) is 4.06. The summed E-state index contributed by atoms with van der Waals surface area (Å²) in [5, 5.41) is 3.68. The van der Waals surface area contributed by atoms with E-state index in [9.17, 15) is 0 Å². The number of nitrogens with one attached hydrogen (secondary N) is 1. The molecule has 4 heteroatoms. The molecule has 3 nitrogen and oxygen atoms in total. The van der Waals surface area contributed by atoms with Crippen molar-refractivity contribution in [3.63, 3.8) is 0 Å². The lowest BCUT2D eigenvalue weighted by Gasteiger charge is -2.43. The maximum absolute atomic E-state index is 6.08. The van der Waals surface area contributed by atoms with Crippen molar-refractivity contribution in [1.29, 1.82) is 0 Å². The molecule has 1 heterocycles. The Morgan fingerprint density at radius 1 is 1.35 bits per heavy atom. The lowest BCUT2D eigenvalue weighted by Crippen LogP contribution is -2.54. The molecule has 3 N–H and O–H groups in total. The summed E-state index contributed by atoms with van der Waals surface area (Å²) in [5.74, 6) is 0.735. The van der Waals surface area contributed by atoms with E-state index in [4.69, 9.17) is 5.73 Å². The molecule has 112 valence electrons. The lowest BCUT2D eigenvalue weighted by atomic mass is 9.87. The first-order valence-corrected chi connectivity index (χ1v) is 8.28. The average molecular weight is 340 g/mol. The van der Waals surface area contributed by atoms with Crippen molar-refractivity contribution in [2.24, 2.45) is 11.7 Å². The molecule has 1 aromatic rings. The number of benzene rings is 1. The Bertz CT molecular complexity index is 425. The number of hydrogen-bond acceptors (Lipinski definition) is 3. The van der Waals surface area contributed by atoms with Gasteiger partial charge in [0.15, 0.2) is 0 Å². The zero-order valence-electron chi connectivity index (χ0n) is 12.5. The van der Waals surface area contributed by atoms with Crippen LogP contribution in [0.1, 0.15) is 26.7 Å². The van der Waals surface area contributed by atoms with Gasteiger partial charge < -0.3 is 16.0 Å². The molecule has 0 amide bonds. The highest BCUT2D eigenvalue weighted by molar-refractivity contribution is 9.10. The van der Waals surface area contributed by atoms with Crippen molar-refractivity contribution < 1.29 is 0 Å². The fraction of sp³-hybridized carbons (Fsp3) is 0.625. The predicted molar refractivity (Wildman–Crippen MR) is 90.1 cm³/mol. The number of rotatable bonds is 5. The van der Waals surface area contributed by atoms with Gasteiger partial charge in [0.1, 0.15) is 0 Å². The fourth-order valence-corrected chi connectivity index (χ4v) is 3.33. The number of piperidine rings is 1. The summed E-state index contributed by atoms with van der Waals surface area (Å²) in [7, 11) is 0. The molecule has 0 bridgehead atoms. The summed E-state index contributed by atoms with van der Waals surface area (Å²) in [6, 6.07) is 8.34. The first-order chi connectivity index (χ1) is 9.53. The van der Waals surface area contributed by atoms with Crippen LogP contribution in [0.25, 0.3) is 0 Å². The highest BCUT2D eigenvalue weighted by Gasteiger charge is 2.33. The van der Waals surface area contributed by atoms with E-state index >= 15 is 0 Å². The largest absolute Gasteiger partial charge is 0.378 e. The smallest absolute Gasteiger partial charge is 0.0520 e. The lowest BCUT2D eigenvalue weighted by molar-refractivity contribution is 0.161. The molecule has 0 spiro atoms. The molecule has 0 atom stereocenters. The van der Waals surface area contributed by atoms with E-state index in [0.29, 0.717) is 6.54 Å². The normalized spacial score (nSPS) is 19.2. The second-order valence-corrected chi connectivity index (χ2v) is 7.23. The van der Waals surface area contributed by atoms with Crippen molar-refractivity contribution >= 4 is 21.6 Å². The Labute approximate surface area is 131 Å². The van der Waals surface area contributed by atoms with Crippen LogP contribution in [-0.2, 0) is 0 Å². The highest BCUT2D eigenvalue weighted by atomic mass is 79.9. The van der Waals surface area contributed by atoms with Gasteiger partial charge in [0.25, 0.3) is 0 Å². The second-order valence-electron chi connectivity index (χ2n) is 6.31. The van der Waals surface area contributed by atoms with Gasteiger partial charge in [-0.1, -0.05) is 35.8 Å². The molecule has 1 aliphatic rings. The monoisotopic (exact) mass is 339 g/mol. The topological polar surface area (TPSA) is 41.3 Å². The van der Waals surface area contributed by atoms with Crippen LogP contribution in [0.5, 0.6) is 0 Å². The standard InChI is InChI=1S/C16H26BrN3/c1-13(2)11-20-8-6-16(12-18,7-9-20)19-15-5-3-4-14(17)10-15/h3-5,10,13,19H,6-9,11-12,18H2,1-2H3. The van der Waals surface area contributed by atoms with Crippen molar-refractivity contribution in [3.8, 4) is 0 Å². The minimum absolute atomic E-state index is 0.0499. The summed E-state index contributed by atoms with van der Waals surface area (Å²) in [6.07, 6.45) is 2.23. The Balaban J connectivity index is 1.98. The van der Waals surface area contributed by atoms with Crippen LogP contribution in [-0.4, -0.2) is 36.6 Å². The van der Waals surface area contributed by atoms with Crippen LogP contribution < -0.4 is 11.1 Å². The van der Waals surface area contributed by atoms with Crippen molar-refractivity contribution in [3.05, 3.63) is 28.7 Å². The van der Waals surface area contributed by atoms with Gasteiger partial charge in [0, 0.05) is 36.3 Å². The van der Waals surface area contributed by atoms with Gasteiger partial charge in [-0.2, -0.15) is 0 Å². The number of nitrogens with two attached hydrogens (primary N) is 1. The van der Waals surface area contributed by atoms with Crippen LogP contribution in [0.3, 0.4) is 0 Å². The van der Waals surface area contributed by atoms with Crippen LogP contribution in [0.2, 0.25) is 0 Å². The number of anilines is 1. The molecule has 2 rings (SSSR count). The Hall–Kier alpha value is -0.580. The Morgan fingerprint density at radius 3 is 2.60 bits per heavy atom. The fourth-order valence-electron chi connectivity index (χ4n) is 2.93. The van der Waals surface area contributed by atoms with E-state index in [1.165, 1.54) is 6.54 Å². The van der Waals surface area contributed by atoms with Gasteiger partial charge in [-0.05, 0) is 37.0 Å². The van der Waals surface area contributed by atoms with E-state index in [1.54, 1.807) is 0 Å². The van der Waals surface area contributed by atoms with E-state index in [-0.39, 0.29) is 5.54 Å². The SMILES string of the molecule is CC(C)CN1CCC(CN)(Nc2cccc(Br)c2)CC1.